The van der Waals surface area contributed by atoms with E-state index in [-0.39, 0.29) is 25.7 Å². The Kier molecular flexibility index (Phi) is 82.6. The van der Waals surface area contributed by atoms with Crippen LogP contribution in [0.3, 0.4) is 0 Å². The predicted molar refractivity (Wildman–Crippen MR) is 465 cm³/mol. The van der Waals surface area contributed by atoms with Crippen molar-refractivity contribution in [1.82, 2.24) is 0 Å². The van der Waals surface area contributed by atoms with Crippen molar-refractivity contribution in [3.05, 3.63) is 0 Å². The largest absolute Gasteiger partial charge is 0.472 e. The Morgan fingerprint density at radius 3 is 0.607 bits per heavy atom. The minimum Gasteiger partial charge on any atom is -0.462 e. The number of aliphatic hydroxyl groups is 1. The molecule has 0 aromatic carbocycles. The number of carbonyl (C=O) groups is 4. The Hall–Kier alpha value is -1.94. The monoisotopic (exact) mass is 1630 g/mol. The molecule has 0 bridgehead atoms. The predicted octanol–water partition coefficient (Wildman–Crippen LogP) is 29.0. The molecule has 112 heavy (non-hydrogen) atoms. The van der Waals surface area contributed by atoms with Gasteiger partial charge in [-0.05, 0) is 37.5 Å². The molecule has 0 fully saturated rings. The summed E-state index contributed by atoms with van der Waals surface area (Å²) in [6.07, 6.45) is 79.4. The molecule has 0 spiro atoms. The maximum atomic E-state index is 13.2. The molecule has 0 saturated carbocycles. The van der Waals surface area contributed by atoms with Crippen molar-refractivity contribution < 1.29 is 80.2 Å². The highest BCUT2D eigenvalue weighted by atomic mass is 31.2. The Balaban J connectivity index is 5.22. The maximum Gasteiger partial charge on any atom is 0.472 e. The van der Waals surface area contributed by atoms with Gasteiger partial charge in [0, 0.05) is 25.7 Å². The highest BCUT2D eigenvalue weighted by molar-refractivity contribution is 7.47. The van der Waals surface area contributed by atoms with Gasteiger partial charge in [-0.2, -0.15) is 0 Å². The van der Waals surface area contributed by atoms with Crippen LogP contribution in [0.5, 0.6) is 0 Å². The minimum atomic E-state index is -4.97. The number of unbranched alkanes of at least 4 members (excludes halogenated alkanes) is 62. The molecule has 3 N–H and O–H groups in total. The third-order valence-electron chi connectivity index (χ3n) is 22.0. The lowest BCUT2D eigenvalue weighted by molar-refractivity contribution is -0.161. The molecular weight excluding hydrogens is 1450 g/mol. The van der Waals surface area contributed by atoms with Crippen LogP contribution in [0.2, 0.25) is 0 Å². The standard InChI is InChI=1S/C93H182O17P2/c1-7-9-11-13-15-17-19-21-23-25-27-28-29-30-36-40-44-48-52-60-66-72-77-92(97)109-88(81-103-90(95)75-69-63-57-50-46-42-38-35-32-31-33-37-41-45-49-55-61-67-73-85(3)4)83-107-111(99,100)105-79-87(94)80-106-112(101,102)108-84-89(82-104-91(96)76-70-64-58-54-53-56-62-68-74-86(5)6)110-93(98)78-71-65-59-51-47-43-39-34-26-24-22-20-18-16-14-12-10-8-2/h85-89,94H,7-84H2,1-6H3,(H,99,100)(H,101,102)/t87-,88-,89-/m1/s1. The molecular formula is C93H182O17P2. The van der Waals surface area contributed by atoms with E-state index in [1.807, 2.05) is 0 Å². The van der Waals surface area contributed by atoms with Gasteiger partial charge in [-0.3, -0.25) is 37.3 Å². The van der Waals surface area contributed by atoms with Gasteiger partial charge in [0.15, 0.2) is 12.2 Å². The quantitative estimate of drug-likeness (QED) is 0.0222. The van der Waals surface area contributed by atoms with Crippen molar-refractivity contribution in [2.45, 2.75) is 522 Å². The lowest BCUT2D eigenvalue weighted by atomic mass is 10.0. The number of rotatable bonds is 92. The van der Waals surface area contributed by atoms with E-state index in [0.29, 0.717) is 25.7 Å². The van der Waals surface area contributed by atoms with Crippen LogP contribution < -0.4 is 0 Å². The zero-order chi connectivity index (χ0) is 82.0. The molecule has 0 aliphatic heterocycles. The Bertz CT molecular complexity index is 2130. The van der Waals surface area contributed by atoms with Gasteiger partial charge < -0.3 is 33.8 Å². The minimum absolute atomic E-state index is 0.108. The van der Waals surface area contributed by atoms with Crippen LogP contribution >= 0.6 is 15.6 Å². The van der Waals surface area contributed by atoms with Crippen molar-refractivity contribution in [2.24, 2.45) is 11.8 Å². The number of esters is 4. The number of hydrogen-bond donors (Lipinski definition) is 3. The summed E-state index contributed by atoms with van der Waals surface area (Å²) in [6, 6.07) is 0. The molecule has 666 valence electrons. The highest BCUT2D eigenvalue weighted by Gasteiger charge is 2.31. The maximum absolute atomic E-state index is 13.2. The summed E-state index contributed by atoms with van der Waals surface area (Å²) in [5, 5.41) is 10.7. The number of phosphoric ester groups is 2. The SMILES string of the molecule is CCCCCCCCCCCCCCCCCCCCCCCCC(=O)O[C@H](COC(=O)CCCCCCCCCCCCCCCCCCCCC(C)C)COP(=O)(O)OC[C@@H](O)COP(=O)(O)OC[C@@H](COC(=O)CCCCCCCCCCC(C)C)OC(=O)CCCCCCCCCCCCCCCCCCCC. The molecule has 0 aromatic rings. The first-order valence-electron chi connectivity index (χ1n) is 48.0. The van der Waals surface area contributed by atoms with Crippen LogP contribution in [0.1, 0.15) is 504 Å². The van der Waals surface area contributed by atoms with Crippen molar-refractivity contribution in [3.8, 4) is 0 Å². The van der Waals surface area contributed by atoms with Crippen LogP contribution in [-0.2, 0) is 65.4 Å². The number of aliphatic hydroxyl groups excluding tert-OH is 1. The molecule has 0 heterocycles. The lowest BCUT2D eigenvalue weighted by Gasteiger charge is -2.21. The fourth-order valence-corrected chi connectivity index (χ4v) is 16.2. The van der Waals surface area contributed by atoms with E-state index in [2.05, 4.69) is 41.5 Å². The fraction of sp³-hybridized carbons (Fsp3) is 0.957. The summed E-state index contributed by atoms with van der Waals surface area (Å²) < 4.78 is 69.1. The third kappa shape index (κ3) is 85.9. The first-order chi connectivity index (χ1) is 54.4. The zero-order valence-electron chi connectivity index (χ0n) is 74.0. The molecule has 5 atom stereocenters. The Morgan fingerprint density at radius 1 is 0.241 bits per heavy atom. The molecule has 0 aliphatic carbocycles. The first-order valence-corrected chi connectivity index (χ1v) is 51.0. The second-order valence-electron chi connectivity index (χ2n) is 34.4. The second kappa shape index (κ2) is 84.1. The van der Waals surface area contributed by atoms with Gasteiger partial charge in [-0.1, -0.05) is 452 Å². The molecule has 19 heteroatoms. The average molecular weight is 1630 g/mol. The van der Waals surface area contributed by atoms with Crippen LogP contribution in [0.4, 0.5) is 0 Å². The summed E-state index contributed by atoms with van der Waals surface area (Å²) in [6.45, 7) is 9.72. The zero-order valence-corrected chi connectivity index (χ0v) is 75.8. The van der Waals surface area contributed by atoms with Crippen LogP contribution in [-0.4, -0.2) is 96.7 Å². The summed E-state index contributed by atoms with van der Waals surface area (Å²) in [5.41, 5.74) is 0. The van der Waals surface area contributed by atoms with Crippen LogP contribution in [0.25, 0.3) is 0 Å². The van der Waals surface area contributed by atoms with Crippen LogP contribution in [0.15, 0.2) is 0 Å². The summed E-state index contributed by atoms with van der Waals surface area (Å²) in [5.74, 6) is -0.546. The molecule has 0 aliphatic rings. The van der Waals surface area contributed by atoms with Gasteiger partial charge in [0.25, 0.3) is 0 Å². The van der Waals surface area contributed by atoms with Crippen LogP contribution in [0, 0.1) is 11.8 Å². The summed E-state index contributed by atoms with van der Waals surface area (Å²) in [4.78, 5) is 73.5. The number of carbonyl (C=O) groups excluding carboxylic acids is 4. The van der Waals surface area contributed by atoms with Crippen molar-refractivity contribution >= 4 is 39.5 Å². The normalized spacial score (nSPS) is 13.7. The van der Waals surface area contributed by atoms with Gasteiger partial charge in [-0.25, -0.2) is 9.13 Å². The van der Waals surface area contributed by atoms with Crippen molar-refractivity contribution in [2.75, 3.05) is 39.6 Å². The smallest absolute Gasteiger partial charge is 0.462 e. The Morgan fingerprint density at radius 2 is 0.411 bits per heavy atom. The lowest BCUT2D eigenvalue weighted by Crippen LogP contribution is -2.30. The topological polar surface area (TPSA) is 237 Å². The summed E-state index contributed by atoms with van der Waals surface area (Å²) in [7, 11) is -9.94. The van der Waals surface area contributed by atoms with E-state index >= 15 is 0 Å². The van der Waals surface area contributed by atoms with Gasteiger partial charge in [0.2, 0.25) is 0 Å². The molecule has 0 amide bonds. The average Bonchev–Trinajstić information content (AvgIpc) is 0.896. The molecule has 0 saturated heterocycles. The van der Waals surface area contributed by atoms with Crippen molar-refractivity contribution in [3.63, 3.8) is 0 Å². The molecule has 2 unspecified atom stereocenters. The van der Waals surface area contributed by atoms with E-state index in [1.54, 1.807) is 0 Å². The van der Waals surface area contributed by atoms with Gasteiger partial charge in [-0.15, -0.1) is 0 Å². The van der Waals surface area contributed by atoms with E-state index < -0.39 is 97.5 Å². The van der Waals surface area contributed by atoms with E-state index in [0.717, 1.165) is 102 Å². The third-order valence-corrected chi connectivity index (χ3v) is 23.9. The second-order valence-corrected chi connectivity index (χ2v) is 37.3. The first kappa shape index (κ1) is 110. The summed E-state index contributed by atoms with van der Waals surface area (Å²) >= 11 is 0. The van der Waals surface area contributed by atoms with Gasteiger partial charge in [0.05, 0.1) is 26.4 Å². The molecule has 0 radical (unpaired) electrons. The van der Waals surface area contributed by atoms with E-state index in [9.17, 15) is 43.2 Å². The molecule has 0 rings (SSSR count). The van der Waals surface area contributed by atoms with E-state index in [1.165, 1.54) is 321 Å². The fourth-order valence-electron chi connectivity index (χ4n) is 14.7. The highest BCUT2D eigenvalue weighted by Crippen LogP contribution is 2.45. The van der Waals surface area contributed by atoms with E-state index in [4.69, 9.17) is 37.0 Å². The van der Waals surface area contributed by atoms with Gasteiger partial charge >= 0.3 is 39.5 Å². The Labute approximate surface area is 689 Å². The number of hydrogen-bond acceptors (Lipinski definition) is 15. The van der Waals surface area contributed by atoms with Crippen molar-refractivity contribution in [1.29, 1.82) is 0 Å². The number of phosphoric acid groups is 2. The molecule has 0 aromatic heterocycles. The number of ether oxygens (including phenoxy) is 4. The van der Waals surface area contributed by atoms with Gasteiger partial charge in [0.1, 0.15) is 19.3 Å². The molecule has 17 nitrogen and oxygen atoms in total.